The van der Waals surface area contributed by atoms with Crippen LogP contribution >= 0.6 is 0 Å². The molecule has 18 heavy (non-hydrogen) atoms. The first kappa shape index (κ1) is 15.1. The molecule has 0 aliphatic rings. The van der Waals surface area contributed by atoms with Gasteiger partial charge in [0.05, 0.1) is 5.60 Å². The maximum Gasteiger partial charge on any atom is 0.126 e. The molecule has 1 aromatic rings. The summed E-state index contributed by atoms with van der Waals surface area (Å²) in [6, 6.07) is 5.06. The minimum absolute atomic E-state index is 0.182. The Morgan fingerprint density at radius 3 is 2.61 bits per heavy atom. The fourth-order valence-electron chi connectivity index (χ4n) is 2.03. The maximum atomic E-state index is 13.1. The number of halogens is 1. The van der Waals surface area contributed by atoms with E-state index in [9.17, 15) is 9.50 Å². The van der Waals surface area contributed by atoms with Crippen molar-refractivity contribution in [1.29, 1.82) is 0 Å². The zero-order valence-corrected chi connectivity index (χ0v) is 11.6. The first-order valence-electron chi connectivity index (χ1n) is 6.13. The third kappa shape index (κ3) is 5.12. The van der Waals surface area contributed by atoms with Gasteiger partial charge >= 0.3 is 0 Å². The average Bonchev–Trinajstić information content (AvgIpc) is 2.21. The summed E-state index contributed by atoms with van der Waals surface area (Å²) < 4.78 is 13.1. The van der Waals surface area contributed by atoms with Crippen molar-refractivity contribution in [3.8, 4) is 0 Å². The molecular weight excluding hydrogens is 231 g/mol. The van der Waals surface area contributed by atoms with Gasteiger partial charge in [0.2, 0.25) is 0 Å². The van der Waals surface area contributed by atoms with Crippen LogP contribution in [0.25, 0.3) is 0 Å². The van der Waals surface area contributed by atoms with Crippen LogP contribution in [-0.4, -0.2) is 42.8 Å². The Labute approximate surface area is 109 Å². The molecular formula is C14H23FN2O. The molecule has 1 aromatic carbocycles. The highest BCUT2D eigenvalue weighted by atomic mass is 19.1. The van der Waals surface area contributed by atoms with E-state index < -0.39 is 5.60 Å². The highest BCUT2D eigenvalue weighted by Gasteiger charge is 2.20. The van der Waals surface area contributed by atoms with Gasteiger partial charge in [0.1, 0.15) is 5.82 Å². The number of hydrogen-bond acceptors (Lipinski definition) is 3. The SMILES string of the molecule is Cc1cc(CNCC(C)(O)CN(C)C)ccc1F. The predicted molar refractivity (Wildman–Crippen MR) is 72.0 cm³/mol. The maximum absolute atomic E-state index is 13.1. The van der Waals surface area contributed by atoms with E-state index in [1.165, 1.54) is 6.07 Å². The standard InChI is InChI=1S/C14H23FN2O/c1-11-7-12(5-6-13(11)15)8-16-9-14(2,18)10-17(3)4/h5-7,16,18H,8-10H2,1-4H3. The van der Waals surface area contributed by atoms with Gasteiger partial charge in [-0.3, -0.25) is 0 Å². The van der Waals surface area contributed by atoms with Crippen molar-refractivity contribution in [2.75, 3.05) is 27.2 Å². The minimum atomic E-state index is -0.765. The van der Waals surface area contributed by atoms with Gasteiger partial charge in [-0.15, -0.1) is 0 Å². The molecule has 1 unspecified atom stereocenters. The quantitative estimate of drug-likeness (QED) is 0.808. The van der Waals surface area contributed by atoms with Gasteiger partial charge in [-0.05, 0) is 45.1 Å². The van der Waals surface area contributed by atoms with Gasteiger partial charge in [-0.25, -0.2) is 4.39 Å². The van der Waals surface area contributed by atoms with Crippen molar-refractivity contribution < 1.29 is 9.50 Å². The second-order valence-corrected chi connectivity index (χ2v) is 5.42. The van der Waals surface area contributed by atoms with Gasteiger partial charge in [-0.1, -0.05) is 12.1 Å². The summed E-state index contributed by atoms with van der Waals surface area (Å²) in [5, 5.41) is 13.3. The third-order valence-electron chi connectivity index (χ3n) is 2.71. The molecule has 4 heteroatoms. The van der Waals surface area contributed by atoms with E-state index in [1.807, 2.05) is 25.1 Å². The normalized spacial score (nSPS) is 14.8. The topological polar surface area (TPSA) is 35.5 Å². The Hall–Kier alpha value is -0.970. The Bertz CT molecular complexity index is 391. The molecule has 0 amide bonds. The molecule has 2 N–H and O–H groups in total. The summed E-state index contributed by atoms with van der Waals surface area (Å²) in [5.74, 6) is -0.182. The number of aliphatic hydroxyl groups is 1. The molecule has 0 saturated carbocycles. The lowest BCUT2D eigenvalue weighted by Crippen LogP contribution is -2.45. The van der Waals surface area contributed by atoms with E-state index in [-0.39, 0.29) is 5.82 Å². The highest BCUT2D eigenvalue weighted by molar-refractivity contribution is 5.23. The van der Waals surface area contributed by atoms with Gasteiger partial charge < -0.3 is 15.3 Å². The molecule has 0 radical (unpaired) electrons. The van der Waals surface area contributed by atoms with E-state index >= 15 is 0 Å². The zero-order valence-electron chi connectivity index (χ0n) is 11.6. The molecule has 0 aliphatic carbocycles. The van der Waals surface area contributed by atoms with Crippen molar-refractivity contribution in [3.05, 3.63) is 35.1 Å². The first-order chi connectivity index (χ1) is 8.30. The second-order valence-electron chi connectivity index (χ2n) is 5.42. The van der Waals surface area contributed by atoms with Crippen LogP contribution in [0.4, 0.5) is 4.39 Å². The Morgan fingerprint density at radius 1 is 1.39 bits per heavy atom. The Kier molecular flexibility index (Phi) is 5.26. The number of nitrogens with one attached hydrogen (secondary N) is 1. The van der Waals surface area contributed by atoms with E-state index in [1.54, 1.807) is 19.9 Å². The summed E-state index contributed by atoms with van der Waals surface area (Å²) in [7, 11) is 3.86. The van der Waals surface area contributed by atoms with Crippen molar-refractivity contribution in [1.82, 2.24) is 10.2 Å². The number of hydrogen-bond donors (Lipinski definition) is 2. The van der Waals surface area contributed by atoms with Crippen LogP contribution in [0.5, 0.6) is 0 Å². The lowest BCUT2D eigenvalue weighted by atomic mass is 10.1. The summed E-state index contributed by atoms with van der Waals surface area (Å²) in [4.78, 5) is 1.95. The second kappa shape index (κ2) is 6.27. The number of aryl methyl sites for hydroxylation is 1. The zero-order chi connectivity index (χ0) is 13.8. The fraction of sp³-hybridized carbons (Fsp3) is 0.571. The molecule has 0 spiro atoms. The van der Waals surface area contributed by atoms with Crippen LogP contribution in [0.15, 0.2) is 18.2 Å². The molecule has 1 rings (SSSR count). The number of likely N-dealkylation sites (N-methyl/N-ethyl adjacent to an activating group) is 1. The van der Waals surface area contributed by atoms with Gasteiger partial charge in [-0.2, -0.15) is 0 Å². The van der Waals surface area contributed by atoms with Crippen LogP contribution in [0.1, 0.15) is 18.1 Å². The molecule has 0 fully saturated rings. The van der Waals surface area contributed by atoms with Crippen molar-refractivity contribution in [2.24, 2.45) is 0 Å². The molecule has 0 heterocycles. The third-order valence-corrected chi connectivity index (χ3v) is 2.71. The molecule has 0 saturated heterocycles. The van der Waals surface area contributed by atoms with E-state index in [0.29, 0.717) is 25.2 Å². The largest absolute Gasteiger partial charge is 0.388 e. The number of nitrogens with zero attached hydrogens (tertiary/aromatic N) is 1. The van der Waals surface area contributed by atoms with E-state index in [0.717, 1.165) is 5.56 Å². The van der Waals surface area contributed by atoms with Crippen LogP contribution in [0.3, 0.4) is 0 Å². The van der Waals surface area contributed by atoms with E-state index in [2.05, 4.69) is 5.32 Å². The first-order valence-corrected chi connectivity index (χ1v) is 6.13. The minimum Gasteiger partial charge on any atom is -0.388 e. The molecule has 0 aliphatic heterocycles. The van der Waals surface area contributed by atoms with Crippen molar-refractivity contribution in [3.63, 3.8) is 0 Å². The van der Waals surface area contributed by atoms with Crippen LogP contribution in [0, 0.1) is 12.7 Å². The molecule has 3 nitrogen and oxygen atoms in total. The van der Waals surface area contributed by atoms with Crippen LogP contribution in [-0.2, 0) is 6.54 Å². The van der Waals surface area contributed by atoms with Gasteiger partial charge in [0, 0.05) is 19.6 Å². The molecule has 102 valence electrons. The molecule has 1 atom stereocenters. The molecule has 0 aromatic heterocycles. The van der Waals surface area contributed by atoms with Crippen LogP contribution < -0.4 is 5.32 Å². The molecule has 0 bridgehead atoms. The highest BCUT2D eigenvalue weighted by Crippen LogP contribution is 2.09. The summed E-state index contributed by atoms with van der Waals surface area (Å²) >= 11 is 0. The lowest BCUT2D eigenvalue weighted by Gasteiger charge is -2.27. The van der Waals surface area contributed by atoms with Crippen molar-refractivity contribution in [2.45, 2.75) is 26.0 Å². The Morgan fingerprint density at radius 2 is 2.06 bits per heavy atom. The van der Waals surface area contributed by atoms with Crippen LogP contribution in [0.2, 0.25) is 0 Å². The van der Waals surface area contributed by atoms with Crippen molar-refractivity contribution >= 4 is 0 Å². The van der Waals surface area contributed by atoms with Gasteiger partial charge in [0.25, 0.3) is 0 Å². The summed E-state index contributed by atoms with van der Waals surface area (Å²) in [6.07, 6.45) is 0. The average molecular weight is 254 g/mol. The number of benzene rings is 1. The summed E-state index contributed by atoms with van der Waals surface area (Å²) in [5.41, 5.74) is 0.905. The predicted octanol–water partition coefficient (Wildman–Crippen LogP) is 1.54. The fourth-order valence-corrected chi connectivity index (χ4v) is 2.03. The summed E-state index contributed by atoms with van der Waals surface area (Å²) in [6.45, 7) is 5.28. The lowest BCUT2D eigenvalue weighted by molar-refractivity contribution is 0.0336. The Balaban J connectivity index is 2.43. The number of rotatable bonds is 6. The van der Waals surface area contributed by atoms with E-state index in [4.69, 9.17) is 0 Å². The smallest absolute Gasteiger partial charge is 0.126 e. The monoisotopic (exact) mass is 254 g/mol. The van der Waals surface area contributed by atoms with Gasteiger partial charge in [0.15, 0.2) is 0 Å².